The van der Waals surface area contributed by atoms with E-state index in [0.717, 1.165) is 18.5 Å². The molecule has 23 heavy (non-hydrogen) atoms. The molecule has 0 saturated carbocycles. The number of hydrogen-bond donors (Lipinski definition) is 2. The van der Waals surface area contributed by atoms with E-state index < -0.39 is 0 Å². The van der Waals surface area contributed by atoms with E-state index in [1.54, 1.807) is 0 Å². The summed E-state index contributed by atoms with van der Waals surface area (Å²) in [6.07, 6.45) is 5.97. The molecule has 120 valence electrons. The van der Waals surface area contributed by atoms with Crippen LogP contribution < -0.4 is 5.32 Å². The van der Waals surface area contributed by atoms with Crippen molar-refractivity contribution >= 4 is 17.0 Å². The number of rotatable bonds is 3. The average molecular weight is 312 g/mol. The molecule has 7 nitrogen and oxygen atoms in total. The number of nitrogens with one attached hydrogen (secondary N) is 2. The zero-order valence-corrected chi connectivity index (χ0v) is 13.4. The summed E-state index contributed by atoms with van der Waals surface area (Å²) in [4.78, 5) is 13.1. The molecule has 7 heteroatoms. The fraction of sp³-hybridized carbons (Fsp3) is 0.500. The second-order valence-electron chi connectivity index (χ2n) is 6.05. The number of anilines is 1. The summed E-state index contributed by atoms with van der Waals surface area (Å²) in [6, 6.07) is 0. The average Bonchev–Trinajstić information content (AvgIpc) is 2.99. The largest absolute Gasteiger partial charge is 0.422 e. The lowest BCUT2D eigenvalue weighted by atomic mass is 10.1. The van der Waals surface area contributed by atoms with Crippen molar-refractivity contribution in [1.29, 1.82) is 0 Å². The Morgan fingerprint density at radius 2 is 1.96 bits per heavy atom. The first-order chi connectivity index (χ1) is 11.2. The van der Waals surface area contributed by atoms with Crippen molar-refractivity contribution < 1.29 is 4.42 Å². The summed E-state index contributed by atoms with van der Waals surface area (Å²) in [7, 11) is 0. The summed E-state index contributed by atoms with van der Waals surface area (Å²) in [6.45, 7) is 4.29. The summed E-state index contributed by atoms with van der Waals surface area (Å²) in [5.41, 5.74) is 4.94. The first kappa shape index (κ1) is 14.2. The maximum absolute atomic E-state index is 5.51. The summed E-state index contributed by atoms with van der Waals surface area (Å²) in [5.74, 6) is 1.96. The highest BCUT2D eigenvalue weighted by atomic mass is 16.4. The molecular weight excluding hydrogens is 292 g/mol. The number of aromatic nitrogens is 5. The lowest BCUT2D eigenvalue weighted by Crippen LogP contribution is -2.06. The van der Waals surface area contributed by atoms with Gasteiger partial charge in [0.25, 0.3) is 5.71 Å². The minimum absolute atomic E-state index is 0.526. The van der Waals surface area contributed by atoms with Crippen LogP contribution in [-0.2, 0) is 19.4 Å². The smallest absolute Gasteiger partial charge is 0.252 e. The molecule has 0 fully saturated rings. The molecule has 3 aromatic rings. The van der Waals surface area contributed by atoms with Gasteiger partial charge in [0.1, 0.15) is 5.82 Å². The number of H-pyrrole nitrogens is 1. The van der Waals surface area contributed by atoms with Gasteiger partial charge in [0.05, 0.1) is 12.2 Å². The highest BCUT2D eigenvalue weighted by Crippen LogP contribution is 2.24. The van der Waals surface area contributed by atoms with Gasteiger partial charge in [0.2, 0.25) is 0 Å². The molecule has 0 aromatic carbocycles. The molecule has 0 bridgehead atoms. The van der Waals surface area contributed by atoms with Gasteiger partial charge in [0, 0.05) is 12.6 Å². The van der Waals surface area contributed by atoms with Crippen LogP contribution in [0.25, 0.3) is 11.2 Å². The minimum atomic E-state index is 0.526. The Kier molecular flexibility index (Phi) is 3.48. The predicted molar refractivity (Wildman–Crippen MR) is 86.2 cm³/mol. The number of hydrogen-bond acceptors (Lipinski definition) is 6. The lowest BCUT2D eigenvalue weighted by Gasteiger charge is -2.06. The van der Waals surface area contributed by atoms with Gasteiger partial charge in [-0.2, -0.15) is 10.1 Å². The van der Waals surface area contributed by atoms with Crippen molar-refractivity contribution in [2.45, 2.75) is 52.5 Å². The van der Waals surface area contributed by atoms with Crippen molar-refractivity contribution in [3.8, 4) is 0 Å². The van der Waals surface area contributed by atoms with E-state index in [1.165, 1.54) is 30.5 Å². The van der Waals surface area contributed by atoms with Crippen LogP contribution >= 0.6 is 0 Å². The van der Waals surface area contributed by atoms with E-state index >= 15 is 0 Å². The molecule has 3 heterocycles. The number of nitrogens with zero attached hydrogens (tertiary/aromatic N) is 4. The fourth-order valence-electron chi connectivity index (χ4n) is 3.20. The minimum Gasteiger partial charge on any atom is -0.422 e. The van der Waals surface area contributed by atoms with E-state index in [1.807, 2.05) is 13.8 Å². The Balaban J connectivity index is 1.61. The molecule has 1 aliphatic carbocycles. The van der Waals surface area contributed by atoms with Crippen LogP contribution in [0.4, 0.5) is 5.82 Å². The second kappa shape index (κ2) is 5.64. The van der Waals surface area contributed by atoms with Crippen LogP contribution in [0.5, 0.6) is 0 Å². The van der Waals surface area contributed by atoms with Gasteiger partial charge in [-0.15, -0.1) is 0 Å². The van der Waals surface area contributed by atoms with E-state index in [-0.39, 0.29) is 0 Å². The van der Waals surface area contributed by atoms with Gasteiger partial charge in [-0.25, -0.2) is 9.97 Å². The van der Waals surface area contributed by atoms with Crippen LogP contribution in [0.3, 0.4) is 0 Å². The number of oxazole rings is 1. The van der Waals surface area contributed by atoms with Crippen LogP contribution in [0, 0.1) is 13.8 Å². The Bertz CT molecular complexity index is 850. The zero-order valence-electron chi connectivity index (χ0n) is 13.4. The van der Waals surface area contributed by atoms with Crippen LogP contribution in [0.1, 0.15) is 47.9 Å². The first-order valence-corrected chi connectivity index (χ1v) is 8.11. The third-order valence-electron chi connectivity index (χ3n) is 4.29. The molecule has 0 radical (unpaired) electrons. The fourth-order valence-corrected chi connectivity index (χ4v) is 3.20. The lowest BCUT2D eigenvalue weighted by molar-refractivity contribution is 0.550. The molecule has 1 aliphatic rings. The number of fused-ring (bicyclic) bond motifs is 2. The topological polar surface area (TPSA) is 92.5 Å². The standard InChI is InChI=1S/C16H20N6O/c1-9-18-15(14-16(19-9)23-10(2)20-14)17-8-13-11-6-4-3-5-7-12(11)21-22-13/h3-8H2,1-2H3,(H,21,22)(H,17,18,19). The maximum atomic E-state index is 5.51. The Morgan fingerprint density at radius 3 is 2.87 bits per heavy atom. The molecule has 0 atom stereocenters. The van der Waals surface area contributed by atoms with E-state index in [4.69, 9.17) is 4.42 Å². The van der Waals surface area contributed by atoms with Crippen molar-refractivity contribution in [2.75, 3.05) is 5.32 Å². The first-order valence-electron chi connectivity index (χ1n) is 8.11. The highest BCUT2D eigenvalue weighted by Gasteiger charge is 2.17. The predicted octanol–water partition coefficient (Wildman–Crippen LogP) is 2.84. The normalized spacial score (nSPS) is 14.7. The Hall–Kier alpha value is -2.44. The van der Waals surface area contributed by atoms with Crippen LogP contribution in [0.15, 0.2) is 4.42 Å². The summed E-state index contributed by atoms with van der Waals surface area (Å²) in [5, 5.41) is 11.0. The summed E-state index contributed by atoms with van der Waals surface area (Å²) >= 11 is 0. The third-order valence-corrected chi connectivity index (χ3v) is 4.29. The molecular formula is C16H20N6O. The van der Waals surface area contributed by atoms with Crippen molar-refractivity contribution in [3.05, 3.63) is 28.7 Å². The van der Waals surface area contributed by atoms with Crippen molar-refractivity contribution in [2.24, 2.45) is 0 Å². The van der Waals surface area contributed by atoms with Gasteiger partial charge >= 0.3 is 0 Å². The van der Waals surface area contributed by atoms with Crippen molar-refractivity contribution in [1.82, 2.24) is 25.1 Å². The van der Waals surface area contributed by atoms with Gasteiger partial charge in [-0.3, -0.25) is 5.10 Å². The molecule has 4 rings (SSSR count). The van der Waals surface area contributed by atoms with Gasteiger partial charge in [-0.05, 0) is 38.2 Å². The zero-order chi connectivity index (χ0) is 15.8. The highest BCUT2D eigenvalue weighted by molar-refractivity contribution is 5.81. The molecule has 0 spiro atoms. The second-order valence-corrected chi connectivity index (χ2v) is 6.05. The maximum Gasteiger partial charge on any atom is 0.252 e. The molecule has 3 aromatic heterocycles. The van der Waals surface area contributed by atoms with Crippen LogP contribution in [-0.4, -0.2) is 25.1 Å². The Labute approximate surface area is 133 Å². The van der Waals surface area contributed by atoms with Gasteiger partial charge in [-0.1, -0.05) is 6.42 Å². The van der Waals surface area contributed by atoms with Gasteiger partial charge < -0.3 is 9.73 Å². The van der Waals surface area contributed by atoms with E-state index in [2.05, 4.69) is 30.5 Å². The molecule has 0 unspecified atom stereocenters. The van der Waals surface area contributed by atoms with Gasteiger partial charge in [0.15, 0.2) is 17.2 Å². The van der Waals surface area contributed by atoms with E-state index in [9.17, 15) is 0 Å². The van der Waals surface area contributed by atoms with E-state index in [0.29, 0.717) is 35.3 Å². The monoisotopic (exact) mass is 312 g/mol. The molecule has 0 saturated heterocycles. The van der Waals surface area contributed by atoms with Crippen molar-refractivity contribution in [3.63, 3.8) is 0 Å². The summed E-state index contributed by atoms with van der Waals surface area (Å²) < 4.78 is 5.51. The van der Waals surface area contributed by atoms with Crippen LogP contribution in [0.2, 0.25) is 0 Å². The third kappa shape index (κ3) is 2.67. The number of aryl methyl sites for hydroxylation is 3. The Morgan fingerprint density at radius 1 is 1.09 bits per heavy atom. The molecule has 2 N–H and O–H groups in total. The molecule has 0 aliphatic heterocycles. The SMILES string of the molecule is Cc1nc(NCc2n[nH]c3c2CCCCC3)c2nc(C)oc2n1. The molecule has 0 amide bonds. The number of aromatic amines is 1. The quantitative estimate of drug-likeness (QED) is 0.722.